The topological polar surface area (TPSA) is 209 Å². The predicted octanol–water partition coefficient (Wildman–Crippen LogP) is 12.6. The Morgan fingerprint density at radius 1 is 0.850 bits per heavy atom. The molecule has 416 valence electrons. The van der Waals surface area contributed by atoms with Crippen molar-refractivity contribution in [3.05, 3.63) is 188 Å². The number of aromatic amines is 1. The molecule has 0 amide bonds. The van der Waals surface area contributed by atoms with E-state index in [4.69, 9.17) is 108 Å². The second-order valence-corrected chi connectivity index (χ2v) is 20.7. The molecule has 2 N–H and O–H groups in total. The number of hydrogen-bond donors (Lipinski definition) is 2. The lowest BCUT2D eigenvalue weighted by molar-refractivity contribution is -0.186. The third-order valence-electron chi connectivity index (χ3n) is 12.2. The maximum absolute atomic E-state index is 15.1. The SMILES string of the molecule is CC1COC(Cn2cncn2)(c2ccc(Oc3ccc(Cl)cc3)cc2Cl)O1.CO/N=C(/C1=NOCCO1)c1ccccc1Oc1ncnc(Oc2ccccc2Cl)c1F.OC(Cc1ccccc1Cl)(Cn1[nH]cnc1=S)C1(Cl)CC1. The summed E-state index contributed by atoms with van der Waals surface area (Å²) < 4.78 is 53.5. The van der Waals surface area contributed by atoms with Gasteiger partial charge in [0, 0.05) is 22.0 Å². The van der Waals surface area contributed by atoms with E-state index in [-0.39, 0.29) is 54.1 Å². The molecule has 1 saturated heterocycles. The van der Waals surface area contributed by atoms with Crippen molar-refractivity contribution in [3.8, 4) is 34.8 Å². The van der Waals surface area contributed by atoms with Crippen molar-refractivity contribution in [2.24, 2.45) is 10.3 Å². The number of oxime groups is 2. The zero-order valence-corrected chi connectivity index (χ0v) is 47.0. The van der Waals surface area contributed by atoms with Crippen LogP contribution in [0.15, 0.2) is 151 Å². The third kappa shape index (κ3) is 14.1. The monoisotopic (exact) mass is 1210 g/mol. The molecule has 26 heteroatoms. The van der Waals surface area contributed by atoms with Crippen LogP contribution < -0.4 is 14.2 Å². The third-order valence-corrected chi connectivity index (χ3v) is 14.5. The normalized spacial score (nSPS) is 17.9. The van der Waals surface area contributed by atoms with Gasteiger partial charge >= 0.3 is 0 Å². The Balaban J connectivity index is 0.000000148. The molecular weight excluding hydrogens is 1160 g/mol. The average molecular weight is 1210 g/mol. The predicted molar refractivity (Wildman–Crippen MR) is 299 cm³/mol. The van der Waals surface area contributed by atoms with Crippen molar-refractivity contribution in [3.63, 3.8) is 0 Å². The molecular formula is C54H48Cl5FN10O9S. The second kappa shape index (κ2) is 26.1. The first-order valence-electron chi connectivity index (χ1n) is 24.4. The lowest BCUT2D eigenvalue weighted by Crippen LogP contribution is -2.47. The zero-order chi connectivity index (χ0) is 56.3. The Morgan fingerprint density at radius 3 is 2.17 bits per heavy atom. The number of ether oxygens (including phenoxy) is 6. The van der Waals surface area contributed by atoms with Crippen molar-refractivity contribution in [1.29, 1.82) is 0 Å². The van der Waals surface area contributed by atoms with Crippen molar-refractivity contribution in [1.82, 2.24) is 39.5 Å². The summed E-state index contributed by atoms with van der Waals surface area (Å²) in [4.78, 5) is 25.0. The Bertz CT molecular complexity index is 3520. The standard InChI is InChI=1S/C21H16ClFN4O5.C19H17Cl2N3O3.C14H15Cl2N3OS/c1-28-26-18(21-27-30-11-10-29-21)13-6-2-4-8-15(13)31-19-17(23)20(25-12-24-19)32-16-9-5-3-7-14(16)22;1-13-9-25-19(27-13,10-24-12-22-11-23-24)17-7-6-16(8-18(17)21)26-15-4-2-14(20)3-5-15;15-11-4-2-1-3-10(11)7-14(20,13(16)5-6-13)8-19-12(21)17-9-18-19/h2-9,12H,10-11H2,1H3;2-8,11-13H,9-10H2,1H3;1-4,9,20H,5-8H2,(H,17,18,21)/b26-18+;;. The number of hydrogen-bond acceptors (Lipinski definition) is 17. The molecule has 3 aliphatic rings. The summed E-state index contributed by atoms with van der Waals surface area (Å²) in [7, 11) is 1.37. The number of alkyl halides is 1. The minimum Gasteiger partial charge on any atom is -0.470 e. The van der Waals surface area contributed by atoms with Crippen LogP contribution in [0.2, 0.25) is 20.1 Å². The molecule has 0 bridgehead atoms. The molecule has 0 radical (unpaired) electrons. The van der Waals surface area contributed by atoms with E-state index in [1.54, 1.807) is 94.6 Å². The van der Waals surface area contributed by atoms with Gasteiger partial charge in [-0.15, -0.1) is 11.6 Å². The van der Waals surface area contributed by atoms with E-state index in [1.165, 1.54) is 19.8 Å². The van der Waals surface area contributed by atoms with Crippen molar-refractivity contribution >= 4 is 81.8 Å². The quantitative estimate of drug-likeness (QED) is 0.0376. The molecule has 80 heavy (non-hydrogen) atoms. The molecule has 3 unspecified atom stereocenters. The first-order chi connectivity index (χ1) is 38.6. The van der Waals surface area contributed by atoms with E-state index < -0.39 is 22.1 Å². The molecule has 19 nitrogen and oxygen atoms in total. The van der Waals surface area contributed by atoms with E-state index in [0.717, 1.165) is 24.7 Å². The molecule has 5 heterocycles. The molecule has 2 aliphatic heterocycles. The van der Waals surface area contributed by atoms with Gasteiger partial charge in [0.2, 0.25) is 16.4 Å². The number of aromatic nitrogens is 8. The van der Waals surface area contributed by atoms with Gasteiger partial charge in [-0.25, -0.2) is 14.6 Å². The van der Waals surface area contributed by atoms with E-state index in [0.29, 0.717) is 73.7 Å². The zero-order valence-electron chi connectivity index (χ0n) is 42.4. The first kappa shape index (κ1) is 57.8. The van der Waals surface area contributed by atoms with Crippen molar-refractivity contribution in [2.45, 2.75) is 61.6 Å². The molecule has 3 aromatic heterocycles. The fraction of sp³-hybridized carbons (Fsp3) is 0.259. The summed E-state index contributed by atoms with van der Waals surface area (Å²) in [6.45, 7) is 3.62. The number of halogens is 6. The lowest BCUT2D eigenvalue weighted by atomic mass is 9.89. The number of para-hydroxylation sites is 2. The fourth-order valence-electron chi connectivity index (χ4n) is 8.21. The van der Waals surface area contributed by atoms with Gasteiger partial charge in [-0.05, 0) is 115 Å². The minimum absolute atomic E-state index is 0.0606. The highest BCUT2D eigenvalue weighted by atomic mass is 35.5. The molecule has 11 rings (SSSR count). The maximum Gasteiger partial charge on any atom is 0.280 e. The molecule has 1 saturated carbocycles. The average Bonchev–Trinajstić information content (AvgIpc) is 3.76. The smallest absolute Gasteiger partial charge is 0.280 e. The fourth-order valence-corrected chi connectivity index (χ4v) is 9.42. The van der Waals surface area contributed by atoms with Crippen LogP contribution in [0.3, 0.4) is 0 Å². The number of rotatable bonds is 17. The van der Waals surface area contributed by atoms with Gasteiger partial charge < -0.3 is 43.2 Å². The summed E-state index contributed by atoms with van der Waals surface area (Å²) in [5, 5.41) is 28.1. The Hall–Kier alpha value is -6.92. The van der Waals surface area contributed by atoms with Gasteiger partial charge in [-0.3, -0.25) is 9.78 Å². The summed E-state index contributed by atoms with van der Waals surface area (Å²) in [6.07, 6.45) is 7.56. The van der Waals surface area contributed by atoms with Crippen LogP contribution in [0.25, 0.3) is 0 Å². The van der Waals surface area contributed by atoms with Crippen LogP contribution in [0.5, 0.6) is 34.8 Å². The van der Waals surface area contributed by atoms with Gasteiger partial charge in [-0.2, -0.15) is 19.5 Å². The highest BCUT2D eigenvalue weighted by molar-refractivity contribution is 7.71. The van der Waals surface area contributed by atoms with Crippen LogP contribution >= 0.6 is 70.2 Å². The first-order valence-corrected chi connectivity index (χ1v) is 26.7. The van der Waals surface area contributed by atoms with Gasteiger partial charge in [0.25, 0.3) is 17.7 Å². The highest BCUT2D eigenvalue weighted by Gasteiger charge is 2.58. The van der Waals surface area contributed by atoms with Crippen molar-refractivity contribution in [2.75, 3.05) is 26.9 Å². The largest absolute Gasteiger partial charge is 0.470 e. The highest BCUT2D eigenvalue weighted by Crippen LogP contribution is 2.53. The lowest BCUT2D eigenvalue weighted by Gasteiger charge is -2.33. The van der Waals surface area contributed by atoms with Gasteiger partial charge in [-0.1, -0.05) is 94.0 Å². The summed E-state index contributed by atoms with van der Waals surface area (Å²) in [6, 6.07) is 33.3. The second-order valence-electron chi connectivity index (χ2n) is 17.9. The van der Waals surface area contributed by atoms with E-state index in [1.807, 2.05) is 43.3 Å². The molecule has 1 aliphatic carbocycles. The van der Waals surface area contributed by atoms with Crippen LogP contribution in [0.1, 0.15) is 36.5 Å². The van der Waals surface area contributed by atoms with Crippen LogP contribution in [-0.2, 0) is 49.2 Å². The molecule has 5 aromatic carbocycles. The molecule has 3 atom stereocenters. The van der Waals surface area contributed by atoms with E-state index in [9.17, 15) is 5.11 Å². The number of nitrogens with zero attached hydrogens (tertiary/aromatic N) is 9. The molecule has 0 spiro atoms. The number of nitrogens with one attached hydrogen (secondary N) is 1. The summed E-state index contributed by atoms with van der Waals surface area (Å²) in [5.74, 6) is -0.837. The van der Waals surface area contributed by atoms with Crippen LogP contribution in [-0.4, -0.2) is 99.7 Å². The summed E-state index contributed by atoms with van der Waals surface area (Å²) in [5.41, 5.74) is 1.06. The van der Waals surface area contributed by atoms with Gasteiger partial charge in [0.05, 0.1) is 39.7 Å². The van der Waals surface area contributed by atoms with Crippen LogP contribution in [0.4, 0.5) is 4.39 Å². The van der Waals surface area contributed by atoms with Gasteiger partial charge in [0.1, 0.15) is 74.2 Å². The van der Waals surface area contributed by atoms with Gasteiger partial charge in [0.15, 0.2) is 12.3 Å². The van der Waals surface area contributed by atoms with E-state index >= 15 is 4.39 Å². The minimum atomic E-state index is -1.13. The number of aliphatic hydroxyl groups is 1. The van der Waals surface area contributed by atoms with Crippen molar-refractivity contribution < 1.29 is 47.6 Å². The molecule has 8 aromatic rings. The number of benzene rings is 5. The Morgan fingerprint density at radius 2 is 1.55 bits per heavy atom. The van der Waals surface area contributed by atoms with Crippen LogP contribution in [0, 0.1) is 10.6 Å². The Labute approximate surface area is 487 Å². The summed E-state index contributed by atoms with van der Waals surface area (Å²) >= 11 is 36.4. The number of H-pyrrole nitrogens is 1. The van der Waals surface area contributed by atoms with E-state index in [2.05, 4.69) is 40.4 Å². The Kier molecular flexibility index (Phi) is 18.9. The maximum atomic E-state index is 15.1. The molecule has 2 fully saturated rings.